The fourth-order valence-electron chi connectivity index (χ4n) is 2.92. The molecule has 7 heteroatoms. The third-order valence-electron chi connectivity index (χ3n) is 4.31. The average molecular weight is 414 g/mol. The Morgan fingerprint density at radius 2 is 1.89 bits per heavy atom. The van der Waals surface area contributed by atoms with Crippen molar-refractivity contribution in [2.24, 2.45) is 4.99 Å². The Labute approximate surface area is 170 Å². The molecule has 1 aromatic heterocycles. The van der Waals surface area contributed by atoms with Gasteiger partial charge >= 0.3 is 5.97 Å². The fourth-order valence-corrected chi connectivity index (χ4v) is 4.45. The summed E-state index contributed by atoms with van der Waals surface area (Å²) in [5, 5.41) is 1.46. The fraction of sp³-hybridized carbons (Fsp3) is 0.143. The largest absolute Gasteiger partial charge is 0.493 e. The highest BCUT2D eigenvalue weighted by Crippen LogP contribution is 2.38. The van der Waals surface area contributed by atoms with Gasteiger partial charge < -0.3 is 14.2 Å². The van der Waals surface area contributed by atoms with Crippen molar-refractivity contribution in [3.05, 3.63) is 63.1 Å². The molecule has 0 amide bonds. The van der Waals surface area contributed by atoms with Crippen LogP contribution in [-0.2, 0) is 9.53 Å². The summed E-state index contributed by atoms with van der Waals surface area (Å²) in [4.78, 5) is 17.3. The van der Waals surface area contributed by atoms with Gasteiger partial charge in [0.15, 0.2) is 17.2 Å². The van der Waals surface area contributed by atoms with E-state index < -0.39 is 5.97 Å². The number of carbonyl (C=O) groups excluding carboxylic acids is 1. The predicted octanol–water partition coefficient (Wildman–Crippen LogP) is 5.22. The third-order valence-corrected chi connectivity index (χ3v) is 5.96. The van der Waals surface area contributed by atoms with Gasteiger partial charge in [-0.1, -0.05) is 29.8 Å². The molecule has 0 radical (unpaired) electrons. The minimum absolute atomic E-state index is 0.201. The molecule has 0 bridgehead atoms. The monoisotopic (exact) mass is 413 g/mol. The van der Waals surface area contributed by atoms with E-state index in [0.29, 0.717) is 21.4 Å². The lowest BCUT2D eigenvalue weighted by molar-refractivity contribution is -0.129. The molecule has 5 nitrogen and oxygen atoms in total. The molecule has 0 fully saturated rings. The Balaban J connectivity index is 1.73. The molecule has 0 spiro atoms. The quantitative estimate of drug-likeness (QED) is 0.434. The molecule has 3 aromatic rings. The first kappa shape index (κ1) is 18.5. The number of aliphatic imine (C=N–C) groups is 1. The number of thiophene rings is 1. The van der Waals surface area contributed by atoms with Gasteiger partial charge in [0.2, 0.25) is 5.90 Å². The molecular weight excluding hydrogens is 398 g/mol. The number of aryl methyl sites for hydroxylation is 1. The Hall–Kier alpha value is -2.83. The van der Waals surface area contributed by atoms with Crippen LogP contribution in [0.5, 0.6) is 11.5 Å². The second-order valence-electron chi connectivity index (χ2n) is 6.20. The summed E-state index contributed by atoms with van der Waals surface area (Å²) in [6, 6.07) is 11.3. The molecule has 1 aliphatic heterocycles. The molecule has 0 aliphatic carbocycles. The van der Waals surface area contributed by atoms with Gasteiger partial charge in [0.1, 0.15) is 4.88 Å². The number of benzene rings is 2. The lowest BCUT2D eigenvalue weighted by Gasteiger charge is -2.07. The maximum atomic E-state index is 12.3. The summed E-state index contributed by atoms with van der Waals surface area (Å²) in [7, 11) is 3.12. The second kappa shape index (κ2) is 7.30. The standard InChI is InChI=1S/C21H16ClNO4S/c1-11-4-6-13-17(8-11)28-19(18(13)22)20-23-14(21(24)27-20)9-12-5-7-15(25-2)16(10-12)26-3/h4-10H,1-3H3/b14-9+. The average Bonchev–Trinajstić information content (AvgIpc) is 3.21. The molecule has 2 heterocycles. The number of nitrogens with zero attached hydrogens (tertiary/aromatic N) is 1. The SMILES string of the molecule is COc1ccc(/C=C2/N=C(c3sc4cc(C)ccc4c3Cl)OC2=O)cc1OC. The highest BCUT2D eigenvalue weighted by Gasteiger charge is 2.28. The molecule has 0 saturated carbocycles. The summed E-state index contributed by atoms with van der Waals surface area (Å²) >= 11 is 7.96. The van der Waals surface area contributed by atoms with Crippen molar-refractivity contribution in [2.45, 2.75) is 6.92 Å². The summed E-state index contributed by atoms with van der Waals surface area (Å²) in [6.45, 7) is 2.02. The Bertz CT molecular complexity index is 1160. The van der Waals surface area contributed by atoms with Gasteiger partial charge in [0.05, 0.1) is 19.2 Å². The number of methoxy groups -OCH3 is 2. The number of ether oxygens (including phenoxy) is 3. The molecule has 28 heavy (non-hydrogen) atoms. The molecule has 0 saturated heterocycles. The van der Waals surface area contributed by atoms with E-state index in [1.54, 1.807) is 32.4 Å². The van der Waals surface area contributed by atoms with E-state index in [-0.39, 0.29) is 11.6 Å². The van der Waals surface area contributed by atoms with E-state index in [4.69, 9.17) is 25.8 Å². The van der Waals surface area contributed by atoms with Crippen molar-refractivity contribution in [2.75, 3.05) is 14.2 Å². The normalized spacial score (nSPS) is 15.1. The number of halogens is 1. The maximum absolute atomic E-state index is 12.3. The lowest BCUT2D eigenvalue weighted by atomic mass is 10.1. The van der Waals surface area contributed by atoms with Gasteiger partial charge in [-0.05, 0) is 42.3 Å². The van der Waals surface area contributed by atoms with E-state index >= 15 is 0 Å². The van der Waals surface area contributed by atoms with Crippen LogP contribution in [0.3, 0.4) is 0 Å². The van der Waals surface area contributed by atoms with Crippen molar-refractivity contribution in [3.8, 4) is 11.5 Å². The molecule has 2 aromatic carbocycles. The van der Waals surface area contributed by atoms with Crippen LogP contribution in [-0.4, -0.2) is 26.1 Å². The minimum Gasteiger partial charge on any atom is -0.493 e. The van der Waals surface area contributed by atoms with E-state index in [2.05, 4.69) is 4.99 Å². The summed E-state index contributed by atoms with van der Waals surface area (Å²) in [5.74, 6) is 0.876. The molecule has 1 aliphatic rings. The summed E-state index contributed by atoms with van der Waals surface area (Å²) in [5.41, 5.74) is 2.08. The van der Waals surface area contributed by atoms with Crippen LogP contribution in [0.25, 0.3) is 16.2 Å². The van der Waals surface area contributed by atoms with Crippen molar-refractivity contribution >= 4 is 51.0 Å². The van der Waals surface area contributed by atoms with Gasteiger partial charge in [-0.15, -0.1) is 11.3 Å². The van der Waals surface area contributed by atoms with Crippen LogP contribution in [0.15, 0.2) is 47.1 Å². The van der Waals surface area contributed by atoms with Crippen LogP contribution >= 0.6 is 22.9 Å². The Morgan fingerprint density at radius 1 is 1.11 bits per heavy atom. The zero-order valence-electron chi connectivity index (χ0n) is 15.4. The predicted molar refractivity (Wildman–Crippen MR) is 112 cm³/mol. The van der Waals surface area contributed by atoms with E-state index in [0.717, 1.165) is 21.2 Å². The zero-order chi connectivity index (χ0) is 19.8. The molecule has 0 N–H and O–H groups in total. The Morgan fingerprint density at radius 3 is 2.64 bits per heavy atom. The van der Waals surface area contributed by atoms with Crippen LogP contribution in [0.1, 0.15) is 16.0 Å². The number of cyclic esters (lactones) is 1. The first-order chi connectivity index (χ1) is 13.5. The van der Waals surface area contributed by atoms with Crippen molar-refractivity contribution in [1.29, 1.82) is 0 Å². The smallest absolute Gasteiger partial charge is 0.363 e. The number of fused-ring (bicyclic) bond motifs is 1. The highest BCUT2D eigenvalue weighted by molar-refractivity contribution is 7.21. The van der Waals surface area contributed by atoms with Gasteiger partial charge in [-0.2, -0.15) is 0 Å². The molecule has 142 valence electrons. The number of rotatable bonds is 4. The first-order valence-corrected chi connectivity index (χ1v) is 9.63. The number of hydrogen-bond donors (Lipinski definition) is 0. The van der Waals surface area contributed by atoms with Gasteiger partial charge in [0, 0.05) is 10.1 Å². The maximum Gasteiger partial charge on any atom is 0.363 e. The molecule has 4 rings (SSSR count). The van der Waals surface area contributed by atoms with Gasteiger partial charge in [-0.3, -0.25) is 0 Å². The third kappa shape index (κ3) is 3.25. The van der Waals surface area contributed by atoms with Crippen LogP contribution < -0.4 is 9.47 Å². The van der Waals surface area contributed by atoms with Crippen LogP contribution in [0, 0.1) is 6.92 Å². The van der Waals surface area contributed by atoms with Crippen molar-refractivity contribution in [3.63, 3.8) is 0 Å². The number of esters is 1. The molecule has 0 unspecified atom stereocenters. The Kier molecular flexibility index (Phi) is 4.83. The van der Waals surface area contributed by atoms with Crippen LogP contribution in [0.2, 0.25) is 5.02 Å². The van der Waals surface area contributed by atoms with Gasteiger partial charge in [-0.25, -0.2) is 9.79 Å². The lowest BCUT2D eigenvalue weighted by Crippen LogP contribution is -2.04. The van der Waals surface area contributed by atoms with Gasteiger partial charge in [0.25, 0.3) is 0 Å². The highest BCUT2D eigenvalue weighted by atomic mass is 35.5. The second-order valence-corrected chi connectivity index (χ2v) is 7.63. The van der Waals surface area contributed by atoms with Crippen molar-refractivity contribution < 1.29 is 19.0 Å². The topological polar surface area (TPSA) is 57.1 Å². The van der Waals surface area contributed by atoms with E-state index in [1.807, 2.05) is 31.2 Å². The minimum atomic E-state index is -0.519. The number of hydrogen-bond acceptors (Lipinski definition) is 6. The first-order valence-electron chi connectivity index (χ1n) is 8.43. The van der Waals surface area contributed by atoms with E-state index in [1.165, 1.54) is 11.3 Å². The summed E-state index contributed by atoms with van der Waals surface area (Å²) < 4.78 is 16.9. The number of carbonyl (C=O) groups is 1. The van der Waals surface area contributed by atoms with Crippen molar-refractivity contribution in [1.82, 2.24) is 0 Å². The zero-order valence-corrected chi connectivity index (χ0v) is 17.0. The van der Waals surface area contributed by atoms with Crippen LogP contribution in [0.4, 0.5) is 0 Å². The molecular formula is C21H16ClNO4S. The van der Waals surface area contributed by atoms with E-state index in [9.17, 15) is 4.79 Å². The molecule has 0 atom stereocenters. The summed E-state index contributed by atoms with van der Waals surface area (Å²) in [6.07, 6.45) is 1.64.